The van der Waals surface area contributed by atoms with Crippen LogP contribution in [0.5, 0.6) is 5.75 Å². The van der Waals surface area contributed by atoms with Crippen molar-refractivity contribution < 1.29 is 14.3 Å². The van der Waals surface area contributed by atoms with Crippen LogP contribution in [0.25, 0.3) is 0 Å². The van der Waals surface area contributed by atoms with Gasteiger partial charge in [0.05, 0.1) is 5.69 Å². The first-order valence-electron chi connectivity index (χ1n) is 8.48. The first-order valence-corrected chi connectivity index (χ1v) is 8.48. The third-order valence-electron chi connectivity index (χ3n) is 4.18. The van der Waals surface area contributed by atoms with Gasteiger partial charge in [-0.3, -0.25) is 9.59 Å². The van der Waals surface area contributed by atoms with E-state index in [-0.39, 0.29) is 11.8 Å². The summed E-state index contributed by atoms with van der Waals surface area (Å²) in [6.45, 7) is 3.76. The molecule has 0 saturated heterocycles. The van der Waals surface area contributed by atoms with Crippen molar-refractivity contribution in [3.8, 4) is 5.75 Å². The lowest BCUT2D eigenvalue weighted by Crippen LogP contribution is -2.34. The lowest BCUT2D eigenvalue weighted by molar-refractivity contribution is -0.122. The highest BCUT2D eigenvalue weighted by Crippen LogP contribution is 2.32. The summed E-state index contributed by atoms with van der Waals surface area (Å²) in [6, 6.07) is 13.6. The van der Waals surface area contributed by atoms with Crippen LogP contribution in [0.1, 0.15) is 30.9 Å². The first-order chi connectivity index (χ1) is 12.0. The molecule has 3 rings (SSSR count). The molecule has 2 aromatic rings. The molecule has 0 saturated carbocycles. The van der Waals surface area contributed by atoms with Gasteiger partial charge in [0.2, 0.25) is 5.91 Å². The molecule has 1 aliphatic heterocycles. The fourth-order valence-electron chi connectivity index (χ4n) is 2.72. The Labute approximate surface area is 147 Å². The minimum atomic E-state index is -0.505. The minimum Gasteiger partial charge on any atom is -0.479 e. The quantitative estimate of drug-likeness (QED) is 0.874. The van der Waals surface area contributed by atoms with Crippen LogP contribution < -0.4 is 15.4 Å². The summed E-state index contributed by atoms with van der Waals surface area (Å²) in [6.07, 6.45) is 1.61. The summed E-state index contributed by atoms with van der Waals surface area (Å²) in [5, 5.41) is 5.64. The number of benzene rings is 2. The topological polar surface area (TPSA) is 67.4 Å². The second-order valence-corrected chi connectivity index (χ2v) is 6.35. The minimum absolute atomic E-state index is 0.0384. The number of aryl methyl sites for hydroxylation is 2. The van der Waals surface area contributed by atoms with E-state index in [4.69, 9.17) is 4.74 Å². The number of carbonyl (C=O) groups excluding carboxylic acids is 2. The van der Waals surface area contributed by atoms with Crippen molar-refractivity contribution >= 4 is 23.2 Å². The fourth-order valence-corrected chi connectivity index (χ4v) is 2.72. The second kappa shape index (κ2) is 7.38. The maximum Gasteiger partial charge on any atom is 0.265 e. The molecule has 1 aliphatic rings. The highest BCUT2D eigenvalue weighted by Gasteiger charge is 2.23. The van der Waals surface area contributed by atoms with Gasteiger partial charge in [0.15, 0.2) is 6.10 Å². The smallest absolute Gasteiger partial charge is 0.265 e. The number of hydrogen-bond donors (Lipinski definition) is 2. The van der Waals surface area contributed by atoms with Gasteiger partial charge in [0.1, 0.15) is 5.75 Å². The van der Waals surface area contributed by atoms with Crippen LogP contribution in [0, 0.1) is 6.92 Å². The van der Waals surface area contributed by atoms with Gasteiger partial charge in [-0.25, -0.2) is 0 Å². The molecule has 25 heavy (non-hydrogen) atoms. The highest BCUT2D eigenvalue weighted by molar-refractivity contribution is 5.99. The highest BCUT2D eigenvalue weighted by atomic mass is 16.5. The molecule has 5 nitrogen and oxygen atoms in total. The Bertz CT molecular complexity index is 784. The average molecular weight is 338 g/mol. The molecule has 0 fully saturated rings. The molecule has 1 atom stereocenters. The zero-order chi connectivity index (χ0) is 17.8. The van der Waals surface area contributed by atoms with Gasteiger partial charge >= 0.3 is 0 Å². The monoisotopic (exact) mass is 338 g/mol. The third kappa shape index (κ3) is 4.38. The summed E-state index contributed by atoms with van der Waals surface area (Å²) < 4.78 is 5.50. The lowest BCUT2D eigenvalue weighted by Gasteiger charge is -2.23. The normalized spacial score (nSPS) is 15.8. The summed E-state index contributed by atoms with van der Waals surface area (Å²) >= 11 is 0. The molecule has 0 radical (unpaired) electrons. The van der Waals surface area contributed by atoms with Gasteiger partial charge in [0, 0.05) is 12.1 Å². The standard InChI is InChI=1S/C20H22N2O3/c1-13-6-8-15(9-7-13)4-3-5-19(23)21-16-10-11-18-17(12-16)22-20(24)14(2)25-18/h6-12,14H,3-5H2,1-2H3,(H,21,23)(H,22,24). The van der Waals surface area contributed by atoms with E-state index in [0.29, 0.717) is 23.5 Å². The van der Waals surface area contributed by atoms with E-state index in [1.165, 1.54) is 11.1 Å². The van der Waals surface area contributed by atoms with E-state index < -0.39 is 6.10 Å². The van der Waals surface area contributed by atoms with Gasteiger partial charge in [-0.05, 0) is 50.5 Å². The SMILES string of the molecule is Cc1ccc(CCCC(=O)Nc2ccc3c(c2)NC(=O)C(C)O3)cc1. The van der Waals surface area contributed by atoms with Crippen molar-refractivity contribution in [2.75, 3.05) is 10.6 Å². The largest absolute Gasteiger partial charge is 0.479 e. The molecule has 0 aromatic heterocycles. The van der Waals surface area contributed by atoms with Crippen LogP contribution in [0.2, 0.25) is 0 Å². The second-order valence-electron chi connectivity index (χ2n) is 6.35. The zero-order valence-electron chi connectivity index (χ0n) is 14.5. The number of hydrogen-bond acceptors (Lipinski definition) is 3. The molecule has 0 spiro atoms. The average Bonchev–Trinajstić information content (AvgIpc) is 2.58. The maximum absolute atomic E-state index is 12.1. The van der Waals surface area contributed by atoms with Crippen LogP contribution >= 0.6 is 0 Å². The number of carbonyl (C=O) groups is 2. The summed E-state index contributed by atoms with van der Waals surface area (Å²) in [5.41, 5.74) is 3.71. The third-order valence-corrected chi connectivity index (χ3v) is 4.18. The van der Waals surface area contributed by atoms with E-state index in [1.807, 2.05) is 0 Å². The Balaban J connectivity index is 1.52. The molecule has 2 aromatic carbocycles. The Hall–Kier alpha value is -2.82. The lowest BCUT2D eigenvalue weighted by atomic mass is 10.1. The van der Waals surface area contributed by atoms with E-state index in [9.17, 15) is 9.59 Å². The van der Waals surface area contributed by atoms with Crippen molar-refractivity contribution in [2.45, 2.75) is 39.2 Å². The maximum atomic E-state index is 12.1. The Morgan fingerprint density at radius 3 is 2.72 bits per heavy atom. The van der Waals surface area contributed by atoms with Crippen molar-refractivity contribution in [3.63, 3.8) is 0 Å². The number of anilines is 2. The first kappa shape index (κ1) is 17.0. The van der Waals surface area contributed by atoms with Gasteiger partial charge in [-0.15, -0.1) is 0 Å². The molecule has 0 bridgehead atoms. The molecule has 0 aliphatic carbocycles. The number of fused-ring (bicyclic) bond motifs is 1. The van der Waals surface area contributed by atoms with E-state index in [0.717, 1.165) is 12.8 Å². The number of amides is 2. The van der Waals surface area contributed by atoms with E-state index in [1.54, 1.807) is 25.1 Å². The molecule has 1 heterocycles. The van der Waals surface area contributed by atoms with Crippen molar-refractivity contribution in [3.05, 3.63) is 53.6 Å². The fraction of sp³-hybridized carbons (Fsp3) is 0.300. The van der Waals surface area contributed by atoms with Crippen LogP contribution in [0.15, 0.2) is 42.5 Å². The van der Waals surface area contributed by atoms with Crippen LogP contribution in [0.4, 0.5) is 11.4 Å². The van der Waals surface area contributed by atoms with Gasteiger partial charge in [-0.1, -0.05) is 29.8 Å². The Kier molecular flexibility index (Phi) is 5.03. The van der Waals surface area contributed by atoms with Gasteiger partial charge < -0.3 is 15.4 Å². The Morgan fingerprint density at radius 1 is 1.20 bits per heavy atom. The predicted octanol–water partition coefficient (Wildman–Crippen LogP) is 3.68. The van der Waals surface area contributed by atoms with Crippen LogP contribution in [-0.4, -0.2) is 17.9 Å². The van der Waals surface area contributed by atoms with E-state index >= 15 is 0 Å². The number of nitrogens with one attached hydrogen (secondary N) is 2. The molecular formula is C20H22N2O3. The Morgan fingerprint density at radius 2 is 1.96 bits per heavy atom. The molecule has 2 amide bonds. The number of rotatable bonds is 5. The molecule has 1 unspecified atom stereocenters. The van der Waals surface area contributed by atoms with Crippen molar-refractivity contribution in [1.29, 1.82) is 0 Å². The van der Waals surface area contributed by atoms with Gasteiger partial charge in [-0.2, -0.15) is 0 Å². The molecule has 2 N–H and O–H groups in total. The molecular weight excluding hydrogens is 316 g/mol. The van der Waals surface area contributed by atoms with Crippen molar-refractivity contribution in [2.24, 2.45) is 0 Å². The zero-order valence-corrected chi connectivity index (χ0v) is 14.5. The van der Waals surface area contributed by atoms with Crippen molar-refractivity contribution in [1.82, 2.24) is 0 Å². The van der Waals surface area contributed by atoms with Crippen LogP contribution in [0.3, 0.4) is 0 Å². The van der Waals surface area contributed by atoms with E-state index in [2.05, 4.69) is 41.8 Å². The molecule has 130 valence electrons. The van der Waals surface area contributed by atoms with Crippen LogP contribution in [-0.2, 0) is 16.0 Å². The summed E-state index contributed by atoms with van der Waals surface area (Å²) in [5.74, 6) is 0.391. The van der Waals surface area contributed by atoms with Gasteiger partial charge in [0.25, 0.3) is 5.91 Å². The summed E-state index contributed by atoms with van der Waals surface area (Å²) in [7, 11) is 0. The predicted molar refractivity (Wildman–Crippen MR) is 97.9 cm³/mol. The molecule has 5 heteroatoms. The number of ether oxygens (including phenoxy) is 1. The summed E-state index contributed by atoms with van der Waals surface area (Å²) in [4.78, 5) is 23.8.